The molecular formula is C21H21NO. The second-order valence-corrected chi connectivity index (χ2v) is 6.60. The molecule has 0 aliphatic heterocycles. The first-order valence-electron chi connectivity index (χ1n) is 8.45. The van der Waals surface area contributed by atoms with Crippen molar-refractivity contribution >= 4 is 16.7 Å². The number of fused-ring (bicyclic) bond motifs is 1. The molecule has 2 nitrogen and oxygen atoms in total. The minimum atomic E-state index is 0.127. The summed E-state index contributed by atoms with van der Waals surface area (Å²) in [5.74, 6) is 0.127. The molecule has 0 unspecified atom stereocenters. The Balaban J connectivity index is 1.85. The molecule has 1 fully saturated rings. The Labute approximate surface area is 136 Å². The molecule has 2 heteroatoms. The van der Waals surface area contributed by atoms with E-state index in [1.54, 1.807) is 0 Å². The van der Waals surface area contributed by atoms with Crippen LogP contribution < -0.4 is 0 Å². The van der Waals surface area contributed by atoms with Gasteiger partial charge in [0.1, 0.15) is 0 Å². The molecule has 0 saturated heterocycles. The van der Waals surface area contributed by atoms with Gasteiger partial charge in [-0.2, -0.15) is 0 Å². The number of ketones is 1. The highest BCUT2D eigenvalue weighted by Gasteiger charge is 2.22. The molecule has 0 spiro atoms. The Kier molecular flexibility index (Phi) is 3.53. The summed E-state index contributed by atoms with van der Waals surface area (Å²) in [4.78, 5) is 13.0. The normalized spacial score (nSPS) is 15.3. The van der Waals surface area contributed by atoms with Crippen LogP contribution in [0.25, 0.3) is 10.9 Å². The fourth-order valence-corrected chi connectivity index (χ4v) is 3.81. The average Bonchev–Trinajstić information content (AvgIpc) is 3.21. The Bertz CT molecular complexity index is 868. The van der Waals surface area contributed by atoms with Gasteiger partial charge in [-0.05, 0) is 31.9 Å². The van der Waals surface area contributed by atoms with Gasteiger partial charge in [0.05, 0.1) is 0 Å². The fourth-order valence-electron chi connectivity index (χ4n) is 3.81. The maximum Gasteiger partial charge on any atom is 0.195 e. The predicted molar refractivity (Wildman–Crippen MR) is 94.1 cm³/mol. The quantitative estimate of drug-likeness (QED) is 0.602. The Morgan fingerprint density at radius 3 is 2.61 bits per heavy atom. The van der Waals surface area contributed by atoms with Crippen LogP contribution in [0, 0.1) is 6.92 Å². The molecule has 0 N–H and O–H groups in total. The maximum atomic E-state index is 13.0. The molecule has 4 rings (SSSR count). The van der Waals surface area contributed by atoms with E-state index in [0.717, 1.165) is 22.1 Å². The van der Waals surface area contributed by atoms with Crippen LogP contribution in [-0.2, 0) is 0 Å². The van der Waals surface area contributed by atoms with Gasteiger partial charge in [0, 0.05) is 34.3 Å². The molecule has 1 aliphatic rings. The van der Waals surface area contributed by atoms with Crippen LogP contribution in [0.4, 0.5) is 0 Å². The van der Waals surface area contributed by atoms with Crippen LogP contribution in [0.5, 0.6) is 0 Å². The van der Waals surface area contributed by atoms with E-state index in [0.29, 0.717) is 6.04 Å². The maximum absolute atomic E-state index is 13.0. The summed E-state index contributed by atoms with van der Waals surface area (Å²) >= 11 is 0. The number of benzene rings is 2. The molecule has 116 valence electrons. The van der Waals surface area contributed by atoms with Gasteiger partial charge in [0.25, 0.3) is 0 Å². The number of para-hydroxylation sites is 1. The number of carbonyl (C=O) groups excluding carboxylic acids is 1. The largest absolute Gasteiger partial charge is 0.344 e. The third-order valence-corrected chi connectivity index (χ3v) is 4.98. The first-order valence-corrected chi connectivity index (χ1v) is 8.45. The van der Waals surface area contributed by atoms with Gasteiger partial charge in [0.2, 0.25) is 0 Å². The average molecular weight is 303 g/mol. The molecule has 23 heavy (non-hydrogen) atoms. The third kappa shape index (κ3) is 2.48. The lowest BCUT2D eigenvalue weighted by atomic mass is 10.0. The highest BCUT2D eigenvalue weighted by Crippen LogP contribution is 2.34. The minimum Gasteiger partial charge on any atom is -0.344 e. The van der Waals surface area contributed by atoms with Gasteiger partial charge in [-0.1, -0.05) is 54.8 Å². The summed E-state index contributed by atoms with van der Waals surface area (Å²) in [6.45, 7) is 2.03. The van der Waals surface area contributed by atoms with Crippen molar-refractivity contribution in [2.24, 2.45) is 0 Å². The molecule has 1 aliphatic carbocycles. The molecule has 0 atom stereocenters. The number of hydrogen-bond acceptors (Lipinski definition) is 1. The van der Waals surface area contributed by atoms with Crippen LogP contribution in [-0.4, -0.2) is 10.4 Å². The summed E-state index contributed by atoms with van der Waals surface area (Å²) in [6, 6.07) is 16.7. The summed E-state index contributed by atoms with van der Waals surface area (Å²) in [7, 11) is 0. The molecule has 1 heterocycles. The van der Waals surface area contributed by atoms with Crippen molar-refractivity contribution in [2.45, 2.75) is 38.6 Å². The van der Waals surface area contributed by atoms with E-state index in [-0.39, 0.29) is 5.78 Å². The zero-order chi connectivity index (χ0) is 15.8. The summed E-state index contributed by atoms with van der Waals surface area (Å²) in [5, 5.41) is 1.07. The number of aryl methyl sites for hydroxylation is 1. The van der Waals surface area contributed by atoms with Gasteiger partial charge < -0.3 is 4.57 Å². The minimum absolute atomic E-state index is 0.127. The number of nitrogens with zero attached hydrogens (tertiary/aromatic N) is 1. The monoisotopic (exact) mass is 303 g/mol. The molecule has 3 aromatic rings. The van der Waals surface area contributed by atoms with Crippen LogP contribution in [0.15, 0.2) is 54.7 Å². The van der Waals surface area contributed by atoms with E-state index in [1.807, 2.05) is 37.3 Å². The molecule has 2 aromatic carbocycles. The first kappa shape index (κ1) is 14.3. The second-order valence-electron chi connectivity index (χ2n) is 6.60. The van der Waals surface area contributed by atoms with Crippen molar-refractivity contribution in [1.29, 1.82) is 0 Å². The molecule has 0 amide bonds. The van der Waals surface area contributed by atoms with E-state index in [9.17, 15) is 4.79 Å². The smallest absolute Gasteiger partial charge is 0.195 e. The van der Waals surface area contributed by atoms with Crippen molar-refractivity contribution in [3.05, 3.63) is 71.4 Å². The van der Waals surface area contributed by atoms with Crippen LogP contribution in [0.1, 0.15) is 53.2 Å². The molecular weight excluding hydrogens is 282 g/mol. The van der Waals surface area contributed by atoms with Crippen molar-refractivity contribution in [1.82, 2.24) is 4.57 Å². The lowest BCUT2D eigenvalue weighted by Crippen LogP contribution is -2.04. The molecule has 1 aromatic heterocycles. The first-order chi connectivity index (χ1) is 11.2. The summed E-state index contributed by atoms with van der Waals surface area (Å²) in [6.07, 6.45) is 7.11. The van der Waals surface area contributed by atoms with Crippen LogP contribution >= 0.6 is 0 Å². The lowest BCUT2D eigenvalue weighted by Gasteiger charge is -2.12. The van der Waals surface area contributed by atoms with Crippen molar-refractivity contribution in [2.75, 3.05) is 0 Å². The third-order valence-electron chi connectivity index (χ3n) is 4.98. The summed E-state index contributed by atoms with van der Waals surface area (Å²) < 4.78 is 2.34. The van der Waals surface area contributed by atoms with Crippen molar-refractivity contribution < 1.29 is 4.79 Å². The van der Waals surface area contributed by atoms with Crippen molar-refractivity contribution in [3.63, 3.8) is 0 Å². The molecule has 0 bridgehead atoms. The van der Waals surface area contributed by atoms with Crippen LogP contribution in [0.2, 0.25) is 0 Å². The molecule has 0 radical (unpaired) electrons. The topological polar surface area (TPSA) is 22.0 Å². The van der Waals surface area contributed by atoms with E-state index in [4.69, 9.17) is 0 Å². The zero-order valence-electron chi connectivity index (χ0n) is 13.5. The summed E-state index contributed by atoms with van der Waals surface area (Å²) in [5.41, 5.74) is 3.92. The Morgan fingerprint density at radius 2 is 1.83 bits per heavy atom. The highest BCUT2D eigenvalue weighted by atomic mass is 16.1. The van der Waals surface area contributed by atoms with E-state index in [1.165, 1.54) is 31.2 Å². The molecule has 1 saturated carbocycles. The fraction of sp³-hybridized carbons (Fsp3) is 0.286. The Hall–Kier alpha value is -2.35. The number of rotatable bonds is 3. The van der Waals surface area contributed by atoms with Gasteiger partial charge in [-0.15, -0.1) is 0 Å². The SMILES string of the molecule is Cc1cccc(C(=O)c2cn(C3CCCC3)c3ccccc23)c1. The number of hydrogen-bond donors (Lipinski definition) is 0. The highest BCUT2D eigenvalue weighted by molar-refractivity contribution is 6.16. The Morgan fingerprint density at radius 1 is 1.04 bits per heavy atom. The van der Waals surface area contributed by atoms with Gasteiger partial charge >= 0.3 is 0 Å². The standard InChI is InChI=1S/C21H21NO/c1-15-7-6-8-16(13-15)21(23)19-14-22(17-9-2-3-10-17)20-12-5-4-11-18(19)20/h4-8,11-14,17H,2-3,9-10H2,1H3. The number of carbonyl (C=O) groups is 1. The van der Waals surface area contributed by atoms with Gasteiger partial charge in [-0.3, -0.25) is 4.79 Å². The van der Waals surface area contributed by atoms with E-state index >= 15 is 0 Å². The van der Waals surface area contributed by atoms with Crippen molar-refractivity contribution in [3.8, 4) is 0 Å². The predicted octanol–water partition coefficient (Wildman–Crippen LogP) is 5.30. The second kappa shape index (κ2) is 5.69. The van der Waals surface area contributed by atoms with E-state index in [2.05, 4.69) is 29.0 Å². The van der Waals surface area contributed by atoms with Gasteiger partial charge in [0.15, 0.2) is 5.78 Å². The van der Waals surface area contributed by atoms with E-state index < -0.39 is 0 Å². The lowest BCUT2D eigenvalue weighted by molar-refractivity contribution is 0.104. The van der Waals surface area contributed by atoms with Crippen LogP contribution in [0.3, 0.4) is 0 Å². The number of aromatic nitrogens is 1. The zero-order valence-corrected chi connectivity index (χ0v) is 13.5. The van der Waals surface area contributed by atoms with Gasteiger partial charge in [-0.25, -0.2) is 0 Å².